The van der Waals surface area contributed by atoms with Crippen LogP contribution in [0.4, 0.5) is 0 Å². The number of rotatable bonds is 7. The molecule has 2 aromatic heterocycles. The van der Waals surface area contributed by atoms with Gasteiger partial charge in [-0.25, -0.2) is 0 Å². The first-order chi connectivity index (χ1) is 9.65. The summed E-state index contributed by atoms with van der Waals surface area (Å²) in [6.45, 7) is 9.44. The maximum absolute atomic E-state index is 6.32. The van der Waals surface area contributed by atoms with Crippen molar-refractivity contribution < 1.29 is 0 Å². The monoisotopic (exact) mass is 295 g/mol. The molecule has 0 saturated heterocycles. The Labute approximate surface area is 124 Å². The van der Waals surface area contributed by atoms with E-state index in [0.29, 0.717) is 6.54 Å². The second-order valence-electron chi connectivity index (χ2n) is 4.84. The third-order valence-electron chi connectivity index (χ3n) is 3.19. The van der Waals surface area contributed by atoms with Gasteiger partial charge in [-0.3, -0.25) is 9.36 Å². The molecule has 0 bridgehead atoms. The summed E-state index contributed by atoms with van der Waals surface area (Å²) >= 11 is 6.32. The van der Waals surface area contributed by atoms with Crippen LogP contribution in [0.5, 0.6) is 0 Å². The highest BCUT2D eigenvalue weighted by Crippen LogP contribution is 2.21. The Morgan fingerprint density at radius 1 is 1.30 bits per heavy atom. The lowest BCUT2D eigenvalue weighted by atomic mass is 10.3. The van der Waals surface area contributed by atoms with Crippen molar-refractivity contribution in [2.45, 2.75) is 46.8 Å². The van der Waals surface area contributed by atoms with Crippen molar-refractivity contribution in [1.82, 2.24) is 24.9 Å². The number of nitrogens with zero attached hydrogens (tertiary/aromatic N) is 4. The third-order valence-corrected chi connectivity index (χ3v) is 3.69. The molecule has 0 aliphatic carbocycles. The number of hydrogen-bond acceptors (Lipinski definition) is 3. The largest absolute Gasteiger partial charge is 0.311 e. The maximum atomic E-state index is 6.32. The van der Waals surface area contributed by atoms with Crippen LogP contribution in [0, 0.1) is 6.92 Å². The van der Waals surface area contributed by atoms with Gasteiger partial charge in [0.05, 0.1) is 28.6 Å². The zero-order chi connectivity index (χ0) is 14.5. The van der Waals surface area contributed by atoms with Crippen LogP contribution in [0.25, 0.3) is 0 Å². The Balaban J connectivity index is 2.07. The van der Waals surface area contributed by atoms with Crippen molar-refractivity contribution >= 4 is 11.6 Å². The molecule has 2 aromatic rings. The molecule has 0 spiro atoms. The van der Waals surface area contributed by atoms with E-state index in [1.807, 2.05) is 28.6 Å². The predicted octanol–water partition coefficient (Wildman–Crippen LogP) is 2.61. The quantitative estimate of drug-likeness (QED) is 0.799. The Bertz CT molecular complexity index is 558. The van der Waals surface area contributed by atoms with Gasteiger partial charge in [-0.15, -0.1) is 0 Å². The van der Waals surface area contributed by atoms with Gasteiger partial charge >= 0.3 is 0 Å². The molecule has 0 aliphatic rings. The van der Waals surface area contributed by atoms with E-state index in [0.717, 1.165) is 48.2 Å². The zero-order valence-corrected chi connectivity index (χ0v) is 13.1. The third kappa shape index (κ3) is 3.41. The van der Waals surface area contributed by atoms with Crippen molar-refractivity contribution in [2.75, 3.05) is 6.54 Å². The van der Waals surface area contributed by atoms with Gasteiger partial charge in [0.25, 0.3) is 0 Å². The van der Waals surface area contributed by atoms with E-state index in [1.54, 1.807) is 0 Å². The van der Waals surface area contributed by atoms with E-state index in [1.165, 1.54) is 0 Å². The van der Waals surface area contributed by atoms with E-state index in [2.05, 4.69) is 29.4 Å². The molecule has 1 N–H and O–H groups in total. The molecule has 20 heavy (non-hydrogen) atoms. The van der Waals surface area contributed by atoms with E-state index in [-0.39, 0.29) is 0 Å². The summed E-state index contributed by atoms with van der Waals surface area (Å²) in [5.74, 6) is 0. The summed E-state index contributed by atoms with van der Waals surface area (Å²) < 4.78 is 3.85. The number of hydrogen-bond donors (Lipinski definition) is 1. The highest BCUT2D eigenvalue weighted by atomic mass is 35.5. The van der Waals surface area contributed by atoms with Crippen LogP contribution in [0.1, 0.15) is 37.4 Å². The summed E-state index contributed by atoms with van der Waals surface area (Å²) in [7, 11) is 0. The normalized spacial score (nSPS) is 11.2. The molecule has 0 aromatic carbocycles. The van der Waals surface area contributed by atoms with Crippen LogP contribution in [-0.2, 0) is 19.6 Å². The first-order valence-corrected chi connectivity index (χ1v) is 7.48. The number of nitrogens with one attached hydrogen (secondary N) is 1. The van der Waals surface area contributed by atoms with Crippen molar-refractivity contribution in [3.05, 3.63) is 34.4 Å². The summed E-state index contributed by atoms with van der Waals surface area (Å²) in [6.07, 6.45) is 3.12. The minimum atomic E-state index is 0.654. The van der Waals surface area contributed by atoms with Gasteiger partial charge < -0.3 is 5.32 Å². The second-order valence-corrected chi connectivity index (χ2v) is 5.22. The standard InChI is InChI=1S/C14H22ClN5/c1-4-7-16-9-12-6-8-19(18-12)10-13-14(15)11(3)17-20(13)5-2/h6,8,16H,4-5,7,9-10H2,1-3H3. The first-order valence-electron chi connectivity index (χ1n) is 7.10. The zero-order valence-electron chi connectivity index (χ0n) is 12.4. The molecule has 2 rings (SSSR count). The fourth-order valence-electron chi connectivity index (χ4n) is 2.15. The molecular weight excluding hydrogens is 274 g/mol. The van der Waals surface area contributed by atoms with E-state index in [9.17, 15) is 0 Å². The van der Waals surface area contributed by atoms with Crippen molar-refractivity contribution in [1.29, 1.82) is 0 Å². The van der Waals surface area contributed by atoms with Crippen LogP contribution in [0.3, 0.4) is 0 Å². The molecule has 2 heterocycles. The molecule has 0 amide bonds. The second kappa shape index (κ2) is 6.90. The summed E-state index contributed by atoms with van der Waals surface area (Å²) in [4.78, 5) is 0. The molecule has 110 valence electrons. The Kier molecular flexibility index (Phi) is 5.20. The molecule has 0 aliphatic heterocycles. The van der Waals surface area contributed by atoms with Crippen LogP contribution in [-0.4, -0.2) is 26.1 Å². The van der Waals surface area contributed by atoms with Crippen LogP contribution < -0.4 is 5.32 Å². The van der Waals surface area contributed by atoms with Crippen LogP contribution in [0.2, 0.25) is 5.02 Å². The fourth-order valence-corrected chi connectivity index (χ4v) is 2.35. The van der Waals surface area contributed by atoms with Gasteiger partial charge in [0, 0.05) is 19.3 Å². The number of aromatic nitrogens is 4. The lowest BCUT2D eigenvalue weighted by Crippen LogP contribution is -2.15. The Morgan fingerprint density at radius 3 is 2.80 bits per heavy atom. The van der Waals surface area contributed by atoms with Gasteiger partial charge in [0.2, 0.25) is 0 Å². The maximum Gasteiger partial charge on any atom is 0.0866 e. The summed E-state index contributed by atoms with van der Waals surface area (Å²) in [5, 5.41) is 13.1. The minimum Gasteiger partial charge on any atom is -0.311 e. The molecular formula is C14H22ClN5. The lowest BCUT2D eigenvalue weighted by molar-refractivity contribution is 0.567. The molecule has 0 saturated carbocycles. The molecule has 0 atom stereocenters. The SMILES string of the molecule is CCCNCc1ccn(Cc2c(Cl)c(C)nn2CC)n1. The van der Waals surface area contributed by atoms with Gasteiger partial charge in [-0.05, 0) is 32.9 Å². The van der Waals surface area contributed by atoms with E-state index in [4.69, 9.17) is 11.6 Å². The smallest absolute Gasteiger partial charge is 0.0866 e. The number of aryl methyl sites for hydroxylation is 2. The lowest BCUT2D eigenvalue weighted by Gasteiger charge is -2.05. The van der Waals surface area contributed by atoms with Gasteiger partial charge in [-0.2, -0.15) is 10.2 Å². The highest BCUT2D eigenvalue weighted by Gasteiger charge is 2.13. The minimum absolute atomic E-state index is 0.654. The molecule has 5 nitrogen and oxygen atoms in total. The number of halogens is 1. The summed E-state index contributed by atoms with van der Waals surface area (Å²) in [6, 6.07) is 2.04. The first kappa shape index (κ1) is 15.1. The van der Waals surface area contributed by atoms with Crippen LogP contribution in [0.15, 0.2) is 12.3 Å². The van der Waals surface area contributed by atoms with E-state index < -0.39 is 0 Å². The summed E-state index contributed by atoms with van der Waals surface area (Å²) in [5.41, 5.74) is 2.94. The average molecular weight is 296 g/mol. The topological polar surface area (TPSA) is 47.7 Å². The average Bonchev–Trinajstić information content (AvgIpc) is 2.99. The Morgan fingerprint density at radius 2 is 2.10 bits per heavy atom. The molecule has 0 fully saturated rings. The fraction of sp³-hybridized carbons (Fsp3) is 0.571. The highest BCUT2D eigenvalue weighted by molar-refractivity contribution is 6.31. The van der Waals surface area contributed by atoms with Gasteiger partial charge in [-0.1, -0.05) is 18.5 Å². The molecule has 0 unspecified atom stereocenters. The van der Waals surface area contributed by atoms with Crippen molar-refractivity contribution in [3.8, 4) is 0 Å². The molecule has 0 radical (unpaired) electrons. The van der Waals surface area contributed by atoms with Gasteiger partial charge in [0.15, 0.2) is 0 Å². The molecule has 6 heteroatoms. The van der Waals surface area contributed by atoms with Crippen LogP contribution >= 0.6 is 11.6 Å². The van der Waals surface area contributed by atoms with Crippen molar-refractivity contribution in [3.63, 3.8) is 0 Å². The van der Waals surface area contributed by atoms with Crippen molar-refractivity contribution in [2.24, 2.45) is 0 Å². The van der Waals surface area contributed by atoms with E-state index >= 15 is 0 Å². The predicted molar refractivity (Wildman–Crippen MR) is 81.0 cm³/mol. The Hall–Kier alpha value is -1.33. The van der Waals surface area contributed by atoms with Gasteiger partial charge in [0.1, 0.15) is 0 Å².